The van der Waals surface area contributed by atoms with Gasteiger partial charge in [0.2, 0.25) is 5.88 Å². The number of hydrogen-bond acceptors (Lipinski definition) is 5. The highest BCUT2D eigenvalue weighted by Gasteiger charge is 2.31. The van der Waals surface area contributed by atoms with Gasteiger partial charge in [0.15, 0.2) is 0 Å². The molecule has 32 heavy (non-hydrogen) atoms. The molecular weight excluding hydrogens is 402 g/mol. The molecule has 0 saturated carbocycles. The van der Waals surface area contributed by atoms with Gasteiger partial charge in [0, 0.05) is 30.0 Å². The number of aromatic nitrogens is 4. The first-order valence-electron chi connectivity index (χ1n) is 10.9. The monoisotopic (exact) mass is 427 g/mol. The van der Waals surface area contributed by atoms with E-state index >= 15 is 0 Å². The summed E-state index contributed by atoms with van der Waals surface area (Å²) < 4.78 is 6.03. The molecule has 5 rings (SSSR count). The zero-order valence-electron chi connectivity index (χ0n) is 18.0. The number of ether oxygens (including phenoxy) is 1. The highest BCUT2D eigenvalue weighted by atomic mass is 16.5. The SMILES string of the molecule is C[C@H]1CC[C@H](COc2ccc3ccccc3n2)CN1C(=O)c1ccccc1-n1nccn1. The number of pyridine rings is 1. The van der Waals surface area contributed by atoms with Gasteiger partial charge >= 0.3 is 0 Å². The van der Waals surface area contributed by atoms with Gasteiger partial charge in [-0.2, -0.15) is 15.0 Å². The third-order valence-electron chi connectivity index (χ3n) is 6.05. The Morgan fingerprint density at radius 1 is 1.00 bits per heavy atom. The van der Waals surface area contributed by atoms with E-state index in [0.29, 0.717) is 30.3 Å². The van der Waals surface area contributed by atoms with E-state index in [9.17, 15) is 4.79 Å². The number of hydrogen-bond donors (Lipinski definition) is 0. The minimum atomic E-state index is -0.000991. The number of carbonyl (C=O) groups excluding carboxylic acids is 1. The van der Waals surface area contributed by atoms with E-state index < -0.39 is 0 Å². The van der Waals surface area contributed by atoms with Crippen molar-refractivity contribution in [1.82, 2.24) is 24.9 Å². The van der Waals surface area contributed by atoms with Crippen molar-refractivity contribution < 1.29 is 9.53 Å². The van der Waals surface area contributed by atoms with Gasteiger partial charge in [0.1, 0.15) is 0 Å². The third-order valence-corrected chi connectivity index (χ3v) is 6.05. The molecule has 4 aromatic rings. The maximum absolute atomic E-state index is 13.5. The second kappa shape index (κ2) is 8.78. The van der Waals surface area contributed by atoms with Crippen molar-refractivity contribution in [3.63, 3.8) is 0 Å². The standard InChI is InChI=1S/C25H25N5O2/c1-18-10-11-19(17-32-24-13-12-20-6-2-4-8-22(20)28-24)16-29(18)25(31)21-7-3-5-9-23(21)30-26-14-15-27-30/h2-9,12-15,18-19H,10-11,16-17H2,1H3/t18-,19-/m0/s1. The number of amides is 1. The molecule has 162 valence electrons. The summed E-state index contributed by atoms with van der Waals surface area (Å²) in [6.45, 7) is 3.29. The topological polar surface area (TPSA) is 73.1 Å². The lowest BCUT2D eigenvalue weighted by molar-refractivity contribution is 0.0502. The quantitative estimate of drug-likeness (QED) is 0.479. The molecule has 1 saturated heterocycles. The van der Waals surface area contributed by atoms with Crippen molar-refractivity contribution >= 4 is 16.8 Å². The Bertz CT molecular complexity index is 1220. The largest absolute Gasteiger partial charge is 0.477 e. The van der Waals surface area contributed by atoms with Crippen LogP contribution in [0.5, 0.6) is 5.88 Å². The first kappa shape index (κ1) is 20.2. The Balaban J connectivity index is 1.30. The van der Waals surface area contributed by atoms with Gasteiger partial charge in [-0.3, -0.25) is 4.79 Å². The summed E-state index contributed by atoms with van der Waals surface area (Å²) in [5.41, 5.74) is 2.21. The van der Waals surface area contributed by atoms with E-state index in [4.69, 9.17) is 4.74 Å². The van der Waals surface area contributed by atoms with Gasteiger partial charge in [-0.15, -0.1) is 0 Å². The molecule has 0 unspecified atom stereocenters. The molecule has 0 N–H and O–H groups in total. The third kappa shape index (κ3) is 4.06. The van der Waals surface area contributed by atoms with Crippen LogP contribution in [0, 0.1) is 5.92 Å². The van der Waals surface area contributed by atoms with Gasteiger partial charge in [-0.25, -0.2) is 4.98 Å². The van der Waals surface area contributed by atoms with Gasteiger partial charge < -0.3 is 9.64 Å². The number of likely N-dealkylation sites (tertiary alicyclic amines) is 1. The lowest BCUT2D eigenvalue weighted by Crippen LogP contribution is -2.47. The lowest BCUT2D eigenvalue weighted by atomic mass is 9.93. The maximum atomic E-state index is 13.5. The first-order chi connectivity index (χ1) is 15.7. The van der Waals surface area contributed by atoms with Crippen LogP contribution in [0.1, 0.15) is 30.1 Å². The van der Waals surface area contributed by atoms with Crippen LogP contribution in [-0.4, -0.2) is 50.0 Å². The smallest absolute Gasteiger partial charge is 0.256 e. The van der Waals surface area contributed by atoms with E-state index in [2.05, 4.69) is 22.1 Å². The number of para-hydroxylation sites is 2. The second-order valence-corrected chi connectivity index (χ2v) is 8.24. The summed E-state index contributed by atoms with van der Waals surface area (Å²) in [6, 6.07) is 19.6. The maximum Gasteiger partial charge on any atom is 0.256 e. The van der Waals surface area contributed by atoms with Gasteiger partial charge in [-0.05, 0) is 44.0 Å². The fourth-order valence-electron chi connectivity index (χ4n) is 4.26. The summed E-state index contributed by atoms with van der Waals surface area (Å²) in [4.78, 5) is 21.5. The fourth-order valence-corrected chi connectivity index (χ4v) is 4.26. The zero-order chi connectivity index (χ0) is 21.9. The minimum Gasteiger partial charge on any atom is -0.477 e. The highest BCUT2D eigenvalue weighted by molar-refractivity contribution is 5.98. The van der Waals surface area contributed by atoms with E-state index in [1.165, 1.54) is 4.80 Å². The Morgan fingerprint density at radius 2 is 1.78 bits per heavy atom. The second-order valence-electron chi connectivity index (χ2n) is 8.24. The summed E-state index contributed by atoms with van der Waals surface area (Å²) in [5, 5.41) is 9.49. The molecule has 1 amide bonds. The van der Waals surface area contributed by atoms with Crippen LogP contribution < -0.4 is 4.74 Å². The zero-order valence-corrected chi connectivity index (χ0v) is 18.0. The lowest BCUT2D eigenvalue weighted by Gasteiger charge is -2.38. The van der Waals surface area contributed by atoms with Crippen LogP contribution in [0.3, 0.4) is 0 Å². The van der Waals surface area contributed by atoms with Crippen LogP contribution >= 0.6 is 0 Å². The molecule has 7 nitrogen and oxygen atoms in total. The average molecular weight is 428 g/mol. The minimum absolute atomic E-state index is 0.000991. The van der Waals surface area contributed by atoms with E-state index in [1.54, 1.807) is 12.4 Å². The molecule has 1 aliphatic rings. The fraction of sp³-hybridized carbons (Fsp3) is 0.280. The number of benzene rings is 2. The van der Waals surface area contributed by atoms with E-state index in [1.807, 2.05) is 65.6 Å². The predicted octanol–water partition coefficient (Wildman–Crippen LogP) is 4.14. The number of rotatable bonds is 5. The number of nitrogens with zero attached hydrogens (tertiary/aromatic N) is 5. The molecule has 2 atom stereocenters. The van der Waals surface area contributed by atoms with E-state index in [-0.39, 0.29) is 17.9 Å². The molecule has 0 spiro atoms. The highest BCUT2D eigenvalue weighted by Crippen LogP contribution is 2.26. The molecule has 2 aromatic carbocycles. The molecule has 0 radical (unpaired) electrons. The van der Waals surface area contributed by atoms with Crippen molar-refractivity contribution in [2.45, 2.75) is 25.8 Å². The number of carbonyl (C=O) groups is 1. The molecule has 7 heteroatoms. The van der Waals surface area contributed by atoms with Crippen molar-refractivity contribution in [3.8, 4) is 11.6 Å². The van der Waals surface area contributed by atoms with Gasteiger partial charge in [0.05, 0.1) is 35.8 Å². The molecule has 1 fully saturated rings. The summed E-state index contributed by atoms with van der Waals surface area (Å²) in [5.74, 6) is 0.868. The molecule has 1 aliphatic heterocycles. The molecular formula is C25H25N5O2. The van der Waals surface area contributed by atoms with Crippen LogP contribution in [-0.2, 0) is 0 Å². The van der Waals surface area contributed by atoms with Crippen molar-refractivity contribution in [2.75, 3.05) is 13.2 Å². The first-order valence-corrected chi connectivity index (χ1v) is 10.9. The van der Waals surface area contributed by atoms with Crippen LogP contribution in [0.2, 0.25) is 0 Å². The number of fused-ring (bicyclic) bond motifs is 1. The van der Waals surface area contributed by atoms with Crippen molar-refractivity contribution in [2.24, 2.45) is 5.92 Å². The van der Waals surface area contributed by atoms with Crippen molar-refractivity contribution in [1.29, 1.82) is 0 Å². The predicted molar refractivity (Wildman–Crippen MR) is 122 cm³/mol. The van der Waals surface area contributed by atoms with Gasteiger partial charge in [-0.1, -0.05) is 30.3 Å². The summed E-state index contributed by atoms with van der Waals surface area (Å²) in [6.07, 6.45) is 5.17. The molecule has 3 heterocycles. The molecule has 0 aliphatic carbocycles. The van der Waals surface area contributed by atoms with Crippen molar-refractivity contribution in [3.05, 3.63) is 78.6 Å². The summed E-state index contributed by atoms with van der Waals surface area (Å²) in [7, 11) is 0. The normalized spacial score (nSPS) is 18.6. The Labute approximate surface area is 186 Å². The average Bonchev–Trinajstić information content (AvgIpc) is 3.38. The van der Waals surface area contributed by atoms with Gasteiger partial charge in [0.25, 0.3) is 5.91 Å². The number of piperidine rings is 1. The molecule has 2 aromatic heterocycles. The van der Waals surface area contributed by atoms with Crippen LogP contribution in [0.4, 0.5) is 0 Å². The van der Waals surface area contributed by atoms with Crippen LogP contribution in [0.15, 0.2) is 73.1 Å². The Kier molecular flexibility index (Phi) is 5.54. The van der Waals surface area contributed by atoms with Crippen LogP contribution in [0.25, 0.3) is 16.6 Å². The summed E-state index contributed by atoms with van der Waals surface area (Å²) >= 11 is 0. The molecule has 0 bridgehead atoms. The Morgan fingerprint density at radius 3 is 2.66 bits per heavy atom. The Hall–Kier alpha value is -3.74. The van der Waals surface area contributed by atoms with E-state index in [0.717, 1.165) is 23.7 Å².